The van der Waals surface area contributed by atoms with Gasteiger partial charge in [0.2, 0.25) is 10.0 Å². The molecule has 5 nitrogen and oxygen atoms in total. The highest BCUT2D eigenvalue weighted by Gasteiger charge is 2.34. The molecule has 0 aromatic rings. The van der Waals surface area contributed by atoms with Gasteiger partial charge in [0, 0.05) is 19.3 Å². The molecule has 0 saturated carbocycles. The Bertz CT molecular complexity index is 345. The third kappa shape index (κ3) is 2.65. The van der Waals surface area contributed by atoms with Gasteiger partial charge in [0.15, 0.2) is 9.84 Å². The van der Waals surface area contributed by atoms with Crippen LogP contribution in [0.15, 0.2) is 0 Å². The van der Waals surface area contributed by atoms with E-state index >= 15 is 0 Å². The largest absolute Gasteiger partial charge is 0.229 e. The molecule has 0 amide bonds. The van der Waals surface area contributed by atoms with Crippen LogP contribution in [0.25, 0.3) is 0 Å². The van der Waals surface area contributed by atoms with Crippen LogP contribution in [0.1, 0.15) is 6.42 Å². The average molecular weight is 227 g/mol. The molecule has 1 heterocycles. The van der Waals surface area contributed by atoms with E-state index in [-0.39, 0.29) is 6.54 Å². The summed E-state index contributed by atoms with van der Waals surface area (Å²) < 4.78 is 45.5. The van der Waals surface area contributed by atoms with Crippen molar-refractivity contribution in [3.8, 4) is 0 Å². The number of sulfone groups is 1. The van der Waals surface area contributed by atoms with Crippen LogP contribution in [0.3, 0.4) is 0 Å². The van der Waals surface area contributed by atoms with Crippen molar-refractivity contribution < 1.29 is 16.8 Å². The first-order valence-electron chi connectivity index (χ1n) is 3.85. The zero-order chi connectivity index (χ0) is 10.3. The van der Waals surface area contributed by atoms with Crippen molar-refractivity contribution >= 4 is 19.9 Å². The van der Waals surface area contributed by atoms with Crippen LogP contribution in [-0.2, 0) is 19.9 Å². The summed E-state index contributed by atoms with van der Waals surface area (Å²) in [5.74, 6) is 0. The topological polar surface area (TPSA) is 71.5 Å². The van der Waals surface area contributed by atoms with Gasteiger partial charge in [0.25, 0.3) is 0 Å². The molecule has 0 aliphatic carbocycles. The normalized spacial score (nSPS) is 26.5. The van der Waals surface area contributed by atoms with Crippen molar-refractivity contribution in [2.75, 3.05) is 25.6 Å². The molecule has 0 aromatic carbocycles. The van der Waals surface area contributed by atoms with Crippen molar-refractivity contribution in [2.24, 2.45) is 0 Å². The highest BCUT2D eigenvalue weighted by molar-refractivity contribution is 7.91. The maximum absolute atomic E-state index is 11.1. The molecular weight excluding hydrogens is 214 g/mol. The molecule has 1 fully saturated rings. The molecule has 13 heavy (non-hydrogen) atoms. The minimum Gasteiger partial charge on any atom is -0.229 e. The van der Waals surface area contributed by atoms with Gasteiger partial charge in [0.1, 0.15) is 0 Å². The van der Waals surface area contributed by atoms with Crippen molar-refractivity contribution in [3.63, 3.8) is 0 Å². The SMILES string of the molecule is CS(=O)(=O)[C@H]1CCN(S(C)(=O)=O)C1. The first-order valence-corrected chi connectivity index (χ1v) is 7.65. The van der Waals surface area contributed by atoms with Crippen LogP contribution in [0.2, 0.25) is 0 Å². The second-order valence-corrected chi connectivity index (χ2v) is 7.67. The van der Waals surface area contributed by atoms with Crippen LogP contribution in [-0.4, -0.2) is 52.0 Å². The molecule has 1 aliphatic heterocycles. The minimum atomic E-state index is -3.23. The molecule has 1 atom stereocenters. The summed E-state index contributed by atoms with van der Waals surface area (Å²) in [5, 5.41) is -0.526. The number of sulfonamides is 1. The van der Waals surface area contributed by atoms with E-state index in [0.29, 0.717) is 13.0 Å². The van der Waals surface area contributed by atoms with E-state index in [2.05, 4.69) is 0 Å². The van der Waals surface area contributed by atoms with Crippen molar-refractivity contribution in [1.29, 1.82) is 0 Å². The van der Waals surface area contributed by atoms with Crippen LogP contribution in [0, 0.1) is 0 Å². The number of hydrogen-bond donors (Lipinski definition) is 0. The third-order valence-corrected chi connectivity index (χ3v) is 5.05. The lowest BCUT2D eigenvalue weighted by molar-refractivity contribution is 0.482. The molecule has 1 saturated heterocycles. The van der Waals surface area contributed by atoms with Crippen molar-refractivity contribution in [3.05, 3.63) is 0 Å². The van der Waals surface area contributed by atoms with Crippen LogP contribution in [0.4, 0.5) is 0 Å². The van der Waals surface area contributed by atoms with Crippen LogP contribution in [0.5, 0.6) is 0 Å². The van der Waals surface area contributed by atoms with Gasteiger partial charge in [-0.1, -0.05) is 0 Å². The van der Waals surface area contributed by atoms with Gasteiger partial charge in [0.05, 0.1) is 11.5 Å². The Morgan fingerprint density at radius 1 is 1.15 bits per heavy atom. The maximum atomic E-state index is 11.1. The van der Waals surface area contributed by atoms with E-state index in [1.807, 2.05) is 0 Å². The smallest absolute Gasteiger partial charge is 0.211 e. The molecule has 0 N–H and O–H groups in total. The van der Waals surface area contributed by atoms with E-state index in [0.717, 1.165) is 12.5 Å². The zero-order valence-electron chi connectivity index (χ0n) is 7.60. The second-order valence-electron chi connectivity index (χ2n) is 3.36. The minimum absolute atomic E-state index is 0.109. The van der Waals surface area contributed by atoms with E-state index in [1.165, 1.54) is 4.31 Å². The Morgan fingerprint density at radius 2 is 1.69 bits per heavy atom. The quantitative estimate of drug-likeness (QED) is 0.610. The maximum Gasteiger partial charge on any atom is 0.211 e. The second kappa shape index (κ2) is 3.21. The zero-order valence-corrected chi connectivity index (χ0v) is 9.23. The average Bonchev–Trinajstić information content (AvgIpc) is 2.28. The fourth-order valence-electron chi connectivity index (χ4n) is 1.35. The number of rotatable bonds is 2. The Morgan fingerprint density at radius 3 is 1.92 bits per heavy atom. The predicted octanol–water partition coefficient (Wildman–Crippen LogP) is -0.935. The summed E-state index contributed by atoms with van der Waals surface area (Å²) in [4.78, 5) is 0. The molecule has 0 aromatic heterocycles. The molecule has 0 bridgehead atoms. The first-order chi connectivity index (χ1) is 5.71. The van der Waals surface area contributed by atoms with Crippen LogP contribution >= 0.6 is 0 Å². The monoisotopic (exact) mass is 227 g/mol. The summed E-state index contributed by atoms with van der Waals surface area (Å²) in [5.41, 5.74) is 0. The van der Waals surface area contributed by atoms with E-state index in [9.17, 15) is 16.8 Å². The van der Waals surface area contributed by atoms with Gasteiger partial charge in [-0.3, -0.25) is 0 Å². The molecule has 1 rings (SSSR count). The standard InChI is InChI=1S/C6H13NO4S2/c1-12(8,9)6-3-4-7(5-6)13(2,10)11/h6H,3-5H2,1-2H3/t6-/m0/s1. The van der Waals surface area contributed by atoms with Gasteiger partial charge in [-0.05, 0) is 6.42 Å². The first kappa shape index (κ1) is 10.9. The lowest BCUT2D eigenvalue weighted by Crippen LogP contribution is -2.30. The van der Waals surface area contributed by atoms with Gasteiger partial charge in [-0.15, -0.1) is 0 Å². The molecule has 0 spiro atoms. The summed E-state index contributed by atoms with van der Waals surface area (Å²) in [6, 6.07) is 0. The molecule has 1 aliphatic rings. The third-order valence-electron chi connectivity index (χ3n) is 2.18. The molecule has 0 radical (unpaired) electrons. The van der Waals surface area contributed by atoms with Gasteiger partial charge in [-0.2, -0.15) is 0 Å². The predicted molar refractivity (Wildman–Crippen MR) is 49.7 cm³/mol. The highest BCUT2D eigenvalue weighted by atomic mass is 32.2. The van der Waals surface area contributed by atoms with Gasteiger partial charge in [-0.25, -0.2) is 21.1 Å². The molecule has 0 unspecified atom stereocenters. The fourth-order valence-corrected chi connectivity index (χ4v) is 3.31. The van der Waals surface area contributed by atoms with Crippen LogP contribution < -0.4 is 0 Å². The van der Waals surface area contributed by atoms with Crippen molar-refractivity contribution in [2.45, 2.75) is 11.7 Å². The Balaban J connectivity index is 2.77. The number of nitrogens with zero attached hydrogens (tertiary/aromatic N) is 1. The highest BCUT2D eigenvalue weighted by Crippen LogP contribution is 2.18. The molecular formula is C6H13NO4S2. The molecule has 78 valence electrons. The molecule has 7 heteroatoms. The van der Waals surface area contributed by atoms with E-state index in [4.69, 9.17) is 0 Å². The number of hydrogen-bond acceptors (Lipinski definition) is 4. The van der Waals surface area contributed by atoms with Gasteiger partial charge < -0.3 is 0 Å². The fraction of sp³-hybridized carbons (Fsp3) is 1.00. The van der Waals surface area contributed by atoms with Gasteiger partial charge >= 0.3 is 0 Å². The van der Waals surface area contributed by atoms with E-state index in [1.54, 1.807) is 0 Å². The Hall–Kier alpha value is -0.140. The lowest BCUT2D eigenvalue weighted by atomic mass is 10.4. The summed E-state index contributed by atoms with van der Waals surface area (Å²) in [6.07, 6.45) is 2.65. The lowest BCUT2D eigenvalue weighted by Gasteiger charge is -2.11. The Labute approximate surface area is 78.7 Å². The summed E-state index contributed by atoms with van der Waals surface area (Å²) in [7, 11) is -6.33. The summed E-state index contributed by atoms with van der Waals surface area (Å²) in [6.45, 7) is 0.425. The Kier molecular flexibility index (Phi) is 2.70. The van der Waals surface area contributed by atoms with E-state index < -0.39 is 25.1 Å². The summed E-state index contributed by atoms with van der Waals surface area (Å²) >= 11 is 0. The van der Waals surface area contributed by atoms with Crippen molar-refractivity contribution in [1.82, 2.24) is 4.31 Å².